The van der Waals surface area contributed by atoms with Crippen molar-refractivity contribution in [2.24, 2.45) is 0 Å². The summed E-state index contributed by atoms with van der Waals surface area (Å²) in [5.41, 5.74) is 4.14. The molecule has 3 aromatic carbocycles. The fraction of sp³-hybridized carbons (Fsp3) is 0.185. The molecule has 1 N–H and O–H groups in total. The number of hydrogen-bond donors (Lipinski definition) is 1. The van der Waals surface area contributed by atoms with Crippen LogP contribution in [0.3, 0.4) is 0 Å². The quantitative estimate of drug-likeness (QED) is 0.298. The van der Waals surface area contributed by atoms with Gasteiger partial charge in [-0.2, -0.15) is 0 Å². The van der Waals surface area contributed by atoms with E-state index in [9.17, 15) is 14.7 Å². The molecule has 4 rings (SSSR count). The van der Waals surface area contributed by atoms with Crippen molar-refractivity contribution in [2.75, 3.05) is 12.0 Å². The molecule has 6 heteroatoms. The molecule has 33 heavy (non-hydrogen) atoms. The molecule has 0 spiro atoms. The molecular weight excluding hydrogens is 438 g/mol. The predicted molar refractivity (Wildman–Crippen MR) is 130 cm³/mol. The minimum Gasteiger partial charge on any atom is -0.507 e. The molecule has 0 saturated carbocycles. The standard InChI is InChI=1S/C27H24ClNO4/c1-15-13-19(26(33-4)20(28)14-15)24(30)22-23(18-11-7-5-9-16(18)2)29(27(32)25(22)31)21-12-8-6-10-17(21)3/h5-14,23,30H,1-4H3/b24-22+. The molecular formula is C27H24ClNO4. The van der Waals surface area contributed by atoms with Gasteiger partial charge in [-0.3, -0.25) is 14.5 Å². The van der Waals surface area contributed by atoms with Crippen molar-refractivity contribution in [3.8, 4) is 5.75 Å². The molecule has 168 valence electrons. The zero-order chi connectivity index (χ0) is 23.9. The van der Waals surface area contributed by atoms with Gasteiger partial charge in [0.1, 0.15) is 11.5 Å². The van der Waals surface area contributed by atoms with Crippen molar-refractivity contribution in [1.82, 2.24) is 0 Å². The van der Waals surface area contributed by atoms with Crippen LogP contribution in [0.4, 0.5) is 5.69 Å². The monoisotopic (exact) mass is 461 g/mol. The minimum atomic E-state index is -0.809. The minimum absolute atomic E-state index is 0.00230. The summed E-state index contributed by atoms with van der Waals surface area (Å²) < 4.78 is 5.43. The van der Waals surface area contributed by atoms with E-state index in [4.69, 9.17) is 16.3 Å². The molecule has 5 nitrogen and oxygen atoms in total. The first-order chi connectivity index (χ1) is 15.8. The lowest BCUT2D eigenvalue weighted by molar-refractivity contribution is -0.132. The number of benzene rings is 3. The molecule has 1 unspecified atom stereocenters. The van der Waals surface area contributed by atoms with Crippen LogP contribution in [0.5, 0.6) is 5.75 Å². The second-order valence-corrected chi connectivity index (χ2v) is 8.55. The van der Waals surface area contributed by atoms with Gasteiger partial charge >= 0.3 is 0 Å². The maximum atomic E-state index is 13.4. The van der Waals surface area contributed by atoms with E-state index in [0.717, 1.165) is 22.3 Å². The van der Waals surface area contributed by atoms with Crippen LogP contribution in [0.15, 0.2) is 66.2 Å². The molecule has 1 atom stereocenters. The number of aliphatic hydroxyl groups is 1. The summed E-state index contributed by atoms with van der Waals surface area (Å²) in [6.07, 6.45) is 0. The van der Waals surface area contributed by atoms with Crippen molar-refractivity contribution in [1.29, 1.82) is 0 Å². The van der Waals surface area contributed by atoms with Crippen molar-refractivity contribution in [2.45, 2.75) is 26.8 Å². The van der Waals surface area contributed by atoms with E-state index in [1.165, 1.54) is 12.0 Å². The van der Waals surface area contributed by atoms with Gasteiger partial charge in [0.05, 0.1) is 29.3 Å². The molecule has 1 amide bonds. The molecule has 1 aliphatic rings. The Balaban J connectivity index is 2.05. The number of carbonyl (C=O) groups is 2. The largest absolute Gasteiger partial charge is 0.507 e. The smallest absolute Gasteiger partial charge is 0.300 e. The van der Waals surface area contributed by atoms with Gasteiger partial charge < -0.3 is 9.84 Å². The third-order valence-electron chi connectivity index (χ3n) is 5.95. The van der Waals surface area contributed by atoms with Gasteiger partial charge in [0.2, 0.25) is 0 Å². The molecule has 1 fully saturated rings. The van der Waals surface area contributed by atoms with Crippen LogP contribution in [0, 0.1) is 20.8 Å². The van der Waals surface area contributed by atoms with Crippen molar-refractivity contribution >= 4 is 34.7 Å². The Bertz CT molecular complexity index is 1310. The highest BCUT2D eigenvalue weighted by Crippen LogP contribution is 2.45. The average Bonchev–Trinajstić information content (AvgIpc) is 3.04. The molecule has 1 heterocycles. The Morgan fingerprint density at radius 3 is 2.24 bits per heavy atom. The summed E-state index contributed by atoms with van der Waals surface area (Å²) in [5.74, 6) is -1.54. The number of nitrogens with zero attached hydrogens (tertiary/aromatic N) is 1. The number of halogens is 1. The van der Waals surface area contributed by atoms with Gasteiger partial charge in [0.15, 0.2) is 0 Å². The van der Waals surface area contributed by atoms with E-state index < -0.39 is 17.7 Å². The summed E-state index contributed by atoms with van der Waals surface area (Å²) in [4.78, 5) is 28.2. The predicted octanol–water partition coefficient (Wildman–Crippen LogP) is 5.90. The highest BCUT2D eigenvalue weighted by Gasteiger charge is 2.48. The molecule has 0 aliphatic carbocycles. The van der Waals surface area contributed by atoms with E-state index in [0.29, 0.717) is 10.7 Å². The zero-order valence-electron chi connectivity index (χ0n) is 18.8. The first-order valence-electron chi connectivity index (χ1n) is 10.5. The lowest BCUT2D eigenvalue weighted by Gasteiger charge is -2.28. The maximum absolute atomic E-state index is 13.4. The number of amides is 1. The topological polar surface area (TPSA) is 66.8 Å². The first kappa shape index (κ1) is 22.6. The highest BCUT2D eigenvalue weighted by atomic mass is 35.5. The number of hydrogen-bond acceptors (Lipinski definition) is 4. The summed E-state index contributed by atoms with van der Waals surface area (Å²) >= 11 is 6.35. The maximum Gasteiger partial charge on any atom is 0.300 e. The molecule has 0 radical (unpaired) electrons. The number of aliphatic hydroxyl groups excluding tert-OH is 1. The first-order valence-corrected chi connectivity index (χ1v) is 10.9. The number of methoxy groups -OCH3 is 1. The van der Waals surface area contributed by atoms with Gasteiger partial charge in [0, 0.05) is 5.69 Å². The van der Waals surface area contributed by atoms with Crippen molar-refractivity contribution in [3.63, 3.8) is 0 Å². The molecule has 1 aliphatic heterocycles. The second kappa shape index (κ2) is 8.75. The Kier molecular flexibility index (Phi) is 6.00. The fourth-order valence-electron chi connectivity index (χ4n) is 4.36. The highest BCUT2D eigenvalue weighted by molar-refractivity contribution is 6.52. The number of ether oxygens (including phenoxy) is 1. The van der Waals surface area contributed by atoms with Crippen LogP contribution < -0.4 is 9.64 Å². The Morgan fingerprint density at radius 2 is 1.61 bits per heavy atom. The number of Topliss-reactive ketones (excluding diaryl/α,β-unsaturated/α-hetero) is 1. The summed E-state index contributed by atoms with van der Waals surface area (Å²) in [5, 5.41) is 11.8. The van der Waals surface area contributed by atoms with Gasteiger partial charge in [-0.05, 0) is 61.2 Å². The number of anilines is 1. The van der Waals surface area contributed by atoms with Crippen LogP contribution in [0.1, 0.15) is 33.9 Å². The van der Waals surface area contributed by atoms with Crippen LogP contribution in [0.25, 0.3) is 5.76 Å². The summed E-state index contributed by atoms with van der Waals surface area (Å²) in [6.45, 7) is 5.62. The van der Waals surface area contributed by atoms with Gasteiger partial charge in [-0.15, -0.1) is 0 Å². The molecule has 3 aromatic rings. The normalized spacial score (nSPS) is 17.5. The van der Waals surface area contributed by atoms with Crippen LogP contribution in [-0.2, 0) is 9.59 Å². The lowest BCUT2D eigenvalue weighted by atomic mass is 9.91. The van der Waals surface area contributed by atoms with E-state index in [1.54, 1.807) is 18.2 Å². The molecule has 0 aromatic heterocycles. The van der Waals surface area contributed by atoms with Gasteiger partial charge in [0.25, 0.3) is 11.7 Å². The molecule has 1 saturated heterocycles. The average molecular weight is 462 g/mol. The number of aryl methyl sites for hydroxylation is 3. The van der Waals surface area contributed by atoms with Gasteiger partial charge in [-0.25, -0.2) is 0 Å². The number of carbonyl (C=O) groups excluding carboxylic acids is 2. The number of para-hydroxylation sites is 1. The fourth-order valence-corrected chi connectivity index (χ4v) is 4.71. The van der Waals surface area contributed by atoms with Crippen LogP contribution in [0.2, 0.25) is 5.02 Å². The van der Waals surface area contributed by atoms with Crippen molar-refractivity contribution < 1.29 is 19.4 Å². The van der Waals surface area contributed by atoms with Crippen LogP contribution in [-0.4, -0.2) is 23.9 Å². The van der Waals surface area contributed by atoms with Crippen LogP contribution >= 0.6 is 11.6 Å². The number of rotatable bonds is 4. The Labute approximate surface area is 197 Å². The third kappa shape index (κ3) is 3.79. The Morgan fingerprint density at radius 1 is 0.970 bits per heavy atom. The van der Waals surface area contributed by atoms with E-state index >= 15 is 0 Å². The molecule has 0 bridgehead atoms. The number of ketones is 1. The zero-order valence-corrected chi connectivity index (χ0v) is 19.6. The van der Waals surface area contributed by atoms with Crippen molar-refractivity contribution in [3.05, 3.63) is 99.1 Å². The second-order valence-electron chi connectivity index (χ2n) is 8.14. The summed E-state index contributed by atoms with van der Waals surface area (Å²) in [6, 6.07) is 17.5. The van der Waals surface area contributed by atoms with E-state index in [1.807, 2.05) is 63.2 Å². The summed E-state index contributed by atoms with van der Waals surface area (Å²) in [7, 11) is 1.44. The van der Waals surface area contributed by atoms with E-state index in [2.05, 4.69) is 0 Å². The lowest BCUT2D eigenvalue weighted by Crippen LogP contribution is -2.30. The SMILES string of the molecule is COc1c(Cl)cc(C)cc1/C(O)=C1\C(=O)C(=O)N(c2ccccc2C)C1c1ccccc1C. The third-order valence-corrected chi connectivity index (χ3v) is 6.23. The van der Waals surface area contributed by atoms with Gasteiger partial charge in [-0.1, -0.05) is 54.1 Å². The Hall–Kier alpha value is -3.57. The van der Waals surface area contributed by atoms with E-state index in [-0.39, 0.29) is 22.6 Å².